The number of benzene rings is 1. The van der Waals surface area contributed by atoms with Crippen LogP contribution in [-0.4, -0.2) is 33.9 Å². The van der Waals surface area contributed by atoms with Crippen molar-refractivity contribution in [1.29, 1.82) is 0 Å². The van der Waals surface area contributed by atoms with Crippen molar-refractivity contribution in [2.45, 2.75) is 0 Å². The zero-order valence-electron chi connectivity index (χ0n) is 9.60. The fraction of sp³-hybridized carbons (Fsp3) is 0.250. The summed E-state index contributed by atoms with van der Waals surface area (Å²) in [6, 6.07) is 8.74. The Morgan fingerprint density at radius 2 is 2.06 bits per heavy atom. The number of aliphatic hydroxyl groups excluding tert-OH is 1. The van der Waals surface area contributed by atoms with Crippen LogP contribution < -0.4 is 5.32 Å². The maximum atomic E-state index is 10.1. The molecule has 3 N–H and O–H groups in total. The van der Waals surface area contributed by atoms with Gasteiger partial charge in [-0.3, -0.25) is 5.32 Å². The highest BCUT2D eigenvalue weighted by Gasteiger charge is 1.93. The van der Waals surface area contributed by atoms with Gasteiger partial charge in [0.25, 0.3) is 0 Å². The lowest BCUT2D eigenvalue weighted by Gasteiger charge is -1.96. The van der Waals surface area contributed by atoms with Gasteiger partial charge >= 0.3 is 6.09 Å². The molecule has 0 aliphatic heterocycles. The Balaban J connectivity index is 0.000000331. The van der Waals surface area contributed by atoms with Crippen molar-refractivity contribution in [3.8, 4) is 12.0 Å². The number of nitrogens with one attached hydrogen (secondary N) is 1. The number of hydrogen-bond acceptors (Lipinski definition) is 3. The first-order valence-corrected chi connectivity index (χ1v) is 6.54. The molecule has 1 aromatic rings. The predicted molar refractivity (Wildman–Crippen MR) is 77.8 cm³/mol. The topological polar surface area (TPSA) is 78.8 Å². The molecule has 0 aromatic heterocycles. The first-order chi connectivity index (χ1) is 8.70. The lowest BCUT2D eigenvalue weighted by molar-refractivity contribution is 0.180. The lowest BCUT2D eigenvalue weighted by Crippen LogP contribution is -2.06. The second kappa shape index (κ2) is 12.0. The van der Waals surface area contributed by atoms with Crippen LogP contribution in [-0.2, 0) is 4.74 Å². The second-order valence-electron chi connectivity index (χ2n) is 2.78. The molecule has 18 heavy (non-hydrogen) atoms. The van der Waals surface area contributed by atoms with E-state index in [1.807, 2.05) is 6.07 Å². The Hall–Kier alpha value is -1.46. The molecule has 0 spiro atoms. The summed E-state index contributed by atoms with van der Waals surface area (Å²) in [5, 5.41) is 18.6. The van der Waals surface area contributed by atoms with Gasteiger partial charge in [0.1, 0.15) is 12.7 Å². The Kier molecular flexibility index (Phi) is 11.0. The minimum Gasteiger partial charge on any atom is -0.465 e. The van der Waals surface area contributed by atoms with E-state index in [0.717, 1.165) is 4.43 Å². The molecule has 0 fully saturated rings. The van der Waals surface area contributed by atoms with Gasteiger partial charge in [-0.05, 0) is 18.1 Å². The van der Waals surface area contributed by atoms with Crippen molar-refractivity contribution in [2.24, 2.45) is 0 Å². The molecule has 0 aliphatic rings. The van der Waals surface area contributed by atoms with Gasteiger partial charge in [-0.2, -0.15) is 0 Å². The van der Waals surface area contributed by atoms with E-state index < -0.39 is 6.09 Å². The third-order valence-corrected chi connectivity index (χ3v) is 1.81. The van der Waals surface area contributed by atoms with Crippen LogP contribution in [0.25, 0.3) is 0 Å². The van der Waals surface area contributed by atoms with E-state index in [0.29, 0.717) is 12.3 Å². The average molecular weight is 363 g/mol. The molecule has 98 valence electrons. The van der Waals surface area contributed by atoms with E-state index in [4.69, 9.17) is 10.2 Å². The van der Waals surface area contributed by atoms with Gasteiger partial charge in [-0.15, -0.1) is 0 Å². The van der Waals surface area contributed by atoms with Crippen LogP contribution in [0.2, 0.25) is 0 Å². The molecular weight excluding hydrogens is 349 g/mol. The van der Waals surface area contributed by atoms with E-state index >= 15 is 0 Å². The summed E-state index contributed by atoms with van der Waals surface area (Å²) in [5.41, 5.74) is 0.593. The van der Waals surface area contributed by atoms with Crippen LogP contribution in [0.5, 0.6) is 0 Å². The van der Waals surface area contributed by atoms with Crippen molar-refractivity contribution in [3.05, 3.63) is 30.3 Å². The third kappa shape index (κ3) is 11.0. The molecule has 1 rings (SSSR count). The van der Waals surface area contributed by atoms with Gasteiger partial charge in [0.05, 0.1) is 11.0 Å². The van der Waals surface area contributed by atoms with E-state index in [9.17, 15) is 4.79 Å². The summed E-state index contributed by atoms with van der Waals surface area (Å²) in [6.45, 7) is 0.347. The standard InChI is InChI=1S/C7H7NO2.C5H7IO2/c9-7(10)8-6-4-2-1-3-5-6;6-2-1-4-8-5-3-7/h1-5,8H,(H,9,10);7H,2-3,5H2. The first kappa shape index (κ1) is 16.5. The lowest BCUT2D eigenvalue weighted by atomic mass is 10.3. The molecule has 0 radical (unpaired) electrons. The minimum absolute atomic E-state index is 0.0376. The highest BCUT2D eigenvalue weighted by atomic mass is 127. The molecule has 0 unspecified atom stereocenters. The number of amides is 1. The smallest absolute Gasteiger partial charge is 0.409 e. The summed E-state index contributed by atoms with van der Waals surface area (Å²) in [6.07, 6.45) is 1.38. The number of anilines is 1. The third-order valence-electron chi connectivity index (χ3n) is 1.43. The summed E-state index contributed by atoms with van der Waals surface area (Å²) in [4.78, 5) is 10.1. The van der Waals surface area contributed by atoms with Crippen LogP contribution in [0.4, 0.5) is 10.5 Å². The van der Waals surface area contributed by atoms with E-state index in [2.05, 4.69) is 44.7 Å². The highest BCUT2D eigenvalue weighted by Crippen LogP contribution is 2.03. The number of rotatable bonds is 3. The van der Waals surface area contributed by atoms with Gasteiger partial charge < -0.3 is 14.9 Å². The number of para-hydroxylation sites is 1. The fourth-order valence-corrected chi connectivity index (χ4v) is 0.976. The normalized spacial score (nSPS) is 8.11. The molecule has 0 atom stereocenters. The van der Waals surface area contributed by atoms with Gasteiger partial charge in [0.15, 0.2) is 0 Å². The molecule has 0 saturated carbocycles. The van der Waals surface area contributed by atoms with Gasteiger partial charge in [0, 0.05) is 5.69 Å². The Morgan fingerprint density at radius 3 is 2.56 bits per heavy atom. The predicted octanol–water partition coefficient (Wildman–Crippen LogP) is 2.17. The number of carboxylic acid groups (broad SMARTS) is 1. The van der Waals surface area contributed by atoms with Gasteiger partial charge in [0.2, 0.25) is 0 Å². The Labute approximate surface area is 119 Å². The summed E-state index contributed by atoms with van der Waals surface area (Å²) in [5.74, 6) is 2.69. The van der Waals surface area contributed by atoms with Crippen LogP contribution in [0, 0.1) is 12.0 Å². The molecule has 0 heterocycles. The number of hydrogen-bond donors (Lipinski definition) is 3. The molecule has 1 aromatic carbocycles. The van der Waals surface area contributed by atoms with E-state index in [1.165, 1.54) is 0 Å². The largest absolute Gasteiger partial charge is 0.465 e. The monoisotopic (exact) mass is 363 g/mol. The molecule has 6 heteroatoms. The first-order valence-electron chi connectivity index (χ1n) is 5.02. The SMILES string of the molecule is O=C(O)Nc1ccccc1.OCCOC#CCI. The summed E-state index contributed by atoms with van der Waals surface area (Å²) < 4.78 is 5.37. The molecule has 0 saturated heterocycles. The quantitative estimate of drug-likeness (QED) is 0.333. The zero-order chi connectivity index (χ0) is 13.6. The number of alkyl halides is 1. The Bertz CT molecular complexity index is 386. The molecule has 0 bridgehead atoms. The average Bonchev–Trinajstić information content (AvgIpc) is 2.36. The van der Waals surface area contributed by atoms with Crippen molar-refractivity contribution >= 4 is 34.4 Å². The molecular formula is C12H14INO4. The number of aliphatic hydroxyl groups is 1. The molecule has 5 nitrogen and oxygen atoms in total. The van der Waals surface area contributed by atoms with Crippen molar-refractivity contribution in [2.75, 3.05) is 23.0 Å². The number of ether oxygens (including phenoxy) is 1. The number of carbonyl (C=O) groups is 1. The maximum Gasteiger partial charge on any atom is 0.409 e. The highest BCUT2D eigenvalue weighted by molar-refractivity contribution is 14.1. The molecule has 1 amide bonds. The fourth-order valence-electron chi connectivity index (χ4n) is 0.820. The summed E-state index contributed by atoms with van der Waals surface area (Å²) in [7, 11) is 0. The number of halogens is 1. The van der Waals surface area contributed by atoms with Crippen LogP contribution in [0.15, 0.2) is 30.3 Å². The Morgan fingerprint density at radius 1 is 1.39 bits per heavy atom. The van der Waals surface area contributed by atoms with Gasteiger partial charge in [-0.25, -0.2) is 4.79 Å². The zero-order valence-corrected chi connectivity index (χ0v) is 11.8. The van der Waals surface area contributed by atoms with Crippen molar-refractivity contribution < 1.29 is 19.7 Å². The molecule has 0 aliphatic carbocycles. The second-order valence-corrected chi connectivity index (χ2v) is 3.54. The van der Waals surface area contributed by atoms with E-state index in [-0.39, 0.29) is 6.61 Å². The summed E-state index contributed by atoms with van der Waals surface area (Å²) >= 11 is 2.12. The van der Waals surface area contributed by atoms with E-state index in [1.54, 1.807) is 24.3 Å². The minimum atomic E-state index is -1.04. The van der Waals surface area contributed by atoms with Crippen LogP contribution in [0.1, 0.15) is 0 Å². The van der Waals surface area contributed by atoms with Crippen molar-refractivity contribution in [3.63, 3.8) is 0 Å². The van der Waals surface area contributed by atoms with Crippen LogP contribution >= 0.6 is 22.6 Å². The maximum absolute atomic E-state index is 10.1. The van der Waals surface area contributed by atoms with Crippen LogP contribution in [0.3, 0.4) is 0 Å². The van der Waals surface area contributed by atoms with Gasteiger partial charge in [-0.1, -0.05) is 40.8 Å². The van der Waals surface area contributed by atoms with Crippen molar-refractivity contribution in [1.82, 2.24) is 0 Å².